The Kier molecular flexibility index (Phi) is 3.92. The Morgan fingerprint density at radius 3 is 2.08 bits per heavy atom. The number of alkyl halides is 3. The topological polar surface area (TPSA) is 25.8 Å². The van der Waals surface area contributed by atoms with Crippen molar-refractivity contribution in [2.24, 2.45) is 0 Å². The Hall–Kier alpha value is -3.21. The summed E-state index contributed by atoms with van der Waals surface area (Å²) in [7, 11) is 0. The standard InChI is InChI=1S/C21H13F3N2/c22-21(23,24)16-11-9-15(10-12-16)20-19-17(14-5-2-1-3-6-14)7-4-8-18(19)25-13-26-20/h1-13H. The van der Waals surface area contributed by atoms with Crippen LogP contribution in [0, 0.1) is 0 Å². The summed E-state index contributed by atoms with van der Waals surface area (Å²) < 4.78 is 38.5. The lowest BCUT2D eigenvalue weighted by Crippen LogP contribution is -2.04. The molecule has 3 aromatic carbocycles. The first-order chi connectivity index (χ1) is 12.5. The van der Waals surface area contributed by atoms with Crippen molar-refractivity contribution in [1.82, 2.24) is 9.97 Å². The lowest BCUT2D eigenvalue weighted by molar-refractivity contribution is -0.137. The van der Waals surface area contributed by atoms with Crippen LogP contribution >= 0.6 is 0 Å². The molecule has 0 fully saturated rings. The van der Waals surface area contributed by atoms with Gasteiger partial charge in [-0.05, 0) is 29.3 Å². The summed E-state index contributed by atoms with van der Waals surface area (Å²) in [5, 5.41) is 0.820. The maximum Gasteiger partial charge on any atom is 0.416 e. The van der Waals surface area contributed by atoms with Crippen molar-refractivity contribution in [2.45, 2.75) is 6.18 Å². The SMILES string of the molecule is FC(F)(F)c1ccc(-c2ncnc3cccc(-c4ccccc4)c23)cc1. The average molecular weight is 350 g/mol. The van der Waals surface area contributed by atoms with Crippen LogP contribution in [0.1, 0.15) is 5.56 Å². The number of rotatable bonds is 2. The lowest BCUT2D eigenvalue weighted by Gasteiger charge is -2.12. The number of benzene rings is 3. The van der Waals surface area contributed by atoms with Gasteiger partial charge in [-0.2, -0.15) is 13.2 Å². The van der Waals surface area contributed by atoms with Crippen LogP contribution in [0.3, 0.4) is 0 Å². The van der Waals surface area contributed by atoms with Crippen molar-refractivity contribution in [2.75, 3.05) is 0 Å². The molecule has 5 heteroatoms. The number of halogens is 3. The minimum atomic E-state index is -4.36. The fourth-order valence-electron chi connectivity index (χ4n) is 3.00. The highest BCUT2D eigenvalue weighted by atomic mass is 19.4. The molecular formula is C21H13F3N2. The normalized spacial score (nSPS) is 11.7. The Balaban J connectivity index is 1.94. The molecule has 128 valence electrons. The summed E-state index contributed by atoms with van der Waals surface area (Å²) in [4.78, 5) is 8.68. The molecule has 0 saturated carbocycles. The second-order valence-corrected chi connectivity index (χ2v) is 5.86. The summed E-state index contributed by atoms with van der Waals surface area (Å²) in [6, 6.07) is 20.6. The Morgan fingerprint density at radius 2 is 1.38 bits per heavy atom. The van der Waals surface area contributed by atoms with E-state index in [-0.39, 0.29) is 0 Å². The third kappa shape index (κ3) is 2.92. The van der Waals surface area contributed by atoms with E-state index in [9.17, 15) is 13.2 Å². The third-order valence-electron chi connectivity index (χ3n) is 4.23. The molecule has 4 rings (SSSR count). The first-order valence-electron chi connectivity index (χ1n) is 8.01. The molecule has 0 amide bonds. The van der Waals surface area contributed by atoms with Gasteiger partial charge in [0.15, 0.2) is 0 Å². The fourth-order valence-corrected chi connectivity index (χ4v) is 3.00. The highest BCUT2D eigenvalue weighted by Gasteiger charge is 2.30. The lowest BCUT2D eigenvalue weighted by atomic mass is 9.96. The van der Waals surface area contributed by atoms with E-state index in [1.165, 1.54) is 18.5 Å². The van der Waals surface area contributed by atoms with Crippen molar-refractivity contribution < 1.29 is 13.2 Å². The van der Waals surface area contributed by atoms with Crippen molar-refractivity contribution >= 4 is 10.9 Å². The first kappa shape index (κ1) is 16.3. The molecule has 0 N–H and O–H groups in total. The van der Waals surface area contributed by atoms with Crippen LogP contribution in [-0.4, -0.2) is 9.97 Å². The summed E-state index contributed by atoms with van der Waals surface area (Å²) in [5.41, 5.74) is 3.25. The minimum Gasteiger partial charge on any atom is -0.236 e. The molecule has 1 heterocycles. The molecule has 4 aromatic rings. The van der Waals surface area contributed by atoms with Crippen LogP contribution in [0.5, 0.6) is 0 Å². The number of hydrogen-bond donors (Lipinski definition) is 0. The van der Waals surface area contributed by atoms with E-state index >= 15 is 0 Å². The molecule has 0 spiro atoms. The number of nitrogens with zero attached hydrogens (tertiary/aromatic N) is 2. The predicted octanol–water partition coefficient (Wildman–Crippen LogP) is 5.98. The van der Waals surface area contributed by atoms with Gasteiger partial charge in [0.25, 0.3) is 0 Å². The number of aromatic nitrogens is 2. The van der Waals surface area contributed by atoms with Gasteiger partial charge in [0.2, 0.25) is 0 Å². The van der Waals surface area contributed by atoms with Crippen LogP contribution in [0.25, 0.3) is 33.3 Å². The number of fused-ring (bicyclic) bond motifs is 1. The first-order valence-corrected chi connectivity index (χ1v) is 8.01. The van der Waals surface area contributed by atoms with Gasteiger partial charge >= 0.3 is 6.18 Å². The van der Waals surface area contributed by atoms with Gasteiger partial charge in [0, 0.05) is 10.9 Å². The number of hydrogen-bond acceptors (Lipinski definition) is 2. The van der Waals surface area contributed by atoms with Gasteiger partial charge in [0.05, 0.1) is 16.8 Å². The maximum absolute atomic E-state index is 12.8. The Labute approximate surface area is 148 Å². The van der Waals surface area contributed by atoms with E-state index in [1.807, 2.05) is 48.5 Å². The Morgan fingerprint density at radius 1 is 0.654 bits per heavy atom. The maximum atomic E-state index is 12.8. The quantitative estimate of drug-likeness (QED) is 0.444. The second-order valence-electron chi connectivity index (χ2n) is 5.86. The van der Waals surface area contributed by atoms with Crippen LogP contribution in [0.15, 0.2) is 79.1 Å². The molecule has 0 unspecified atom stereocenters. The molecule has 0 aliphatic carbocycles. The predicted molar refractivity (Wildman–Crippen MR) is 95.4 cm³/mol. The largest absolute Gasteiger partial charge is 0.416 e. The third-order valence-corrected chi connectivity index (χ3v) is 4.23. The molecular weight excluding hydrogens is 337 g/mol. The average Bonchev–Trinajstić information content (AvgIpc) is 2.67. The second kappa shape index (κ2) is 6.26. The summed E-state index contributed by atoms with van der Waals surface area (Å²) in [6.45, 7) is 0. The molecule has 0 atom stereocenters. The molecule has 0 aliphatic heterocycles. The Bertz CT molecular complexity index is 1050. The molecule has 1 aromatic heterocycles. The van der Waals surface area contributed by atoms with Crippen molar-refractivity contribution in [3.05, 3.63) is 84.7 Å². The van der Waals surface area contributed by atoms with E-state index in [2.05, 4.69) is 9.97 Å². The minimum absolute atomic E-state index is 0.614. The van der Waals surface area contributed by atoms with E-state index in [4.69, 9.17) is 0 Å². The van der Waals surface area contributed by atoms with Gasteiger partial charge in [-0.25, -0.2) is 9.97 Å². The van der Waals surface area contributed by atoms with Crippen LogP contribution in [0.4, 0.5) is 13.2 Å². The summed E-state index contributed by atoms with van der Waals surface area (Å²) in [5.74, 6) is 0. The van der Waals surface area contributed by atoms with Crippen molar-refractivity contribution in [3.63, 3.8) is 0 Å². The van der Waals surface area contributed by atoms with Crippen LogP contribution in [-0.2, 0) is 6.18 Å². The molecule has 26 heavy (non-hydrogen) atoms. The van der Waals surface area contributed by atoms with E-state index in [1.54, 1.807) is 0 Å². The molecule has 0 radical (unpaired) electrons. The molecule has 0 aliphatic rings. The molecule has 0 saturated heterocycles. The zero-order valence-electron chi connectivity index (χ0n) is 13.5. The zero-order valence-corrected chi connectivity index (χ0v) is 13.5. The highest BCUT2D eigenvalue weighted by Crippen LogP contribution is 2.35. The van der Waals surface area contributed by atoms with Gasteiger partial charge < -0.3 is 0 Å². The summed E-state index contributed by atoms with van der Waals surface area (Å²) >= 11 is 0. The van der Waals surface area contributed by atoms with Crippen molar-refractivity contribution in [1.29, 1.82) is 0 Å². The van der Waals surface area contributed by atoms with E-state index in [0.29, 0.717) is 11.3 Å². The van der Waals surface area contributed by atoms with Gasteiger partial charge in [-0.3, -0.25) is 0 Å². The molecule has 0 bridgehead atoms. The van der Waals surface area contributed by atoms with Crippen LogP contribution < -0.4 is 0 Å². The van der Waals surface area contributed by atoms with Gasteiger partial charge in [-0.15, -0.1) is 0 Å². The van der Waals surface area contributed by atoms with Gasteiger partial charge in [-0.1, -0.05) is 54.6 Å². The zero-order chi connectivity index (χ0) is 18.1. The highest BCUT2D eigenvalue weighted by molar-refractivity contribution is 6.03. The van der Waals surface area contributed by atoms with E-state index in [0.717, 1.165) is 34.2 Å². The van der Waals surface area contributed by atoms with Crippen molar-refractivity contribution in [3.8, 4) is 22.4 Å². The van der Waals surface area contributed by atoms with Crippen LogP contribution in [0.2, 0.25) is 0 Å². The van der Waals surface area contributed by atoms with Gasteiger partial charge in [0.1, 0.15) is 6.33 Å². The smallest absolute Gasteiger partial charge is 0.236 e. The summed E-state index contributed by atoms with van der Waals surface area (Å²) in [6.07, 6.45) is -2.93. The van der Waals surface area contributed by atoms with E-state index < -0.39 is 11.7 Å². The monoisotopic (exact) mass is 350 g/mol. The molecule has 2 nitrogen and oxygen atoms in total. The fraction of sp³-hybridized carbons (Fsp3) is 0.0476.